The van der Waals surface area contributed by atoms with E-state index in [4.69, 9.17) is 0 Å². The Hall–Kier alpha value is -2.09. The first-order valence-electron chi connectivity index (χ1n) is 8.20. The fourth-order valence-electron chi connectivity index (χ4n) is 3.29. The van der Waals surface area contributed by atoms with E-state index in [0.29, 0.717) is 0 Å². The lowest BCUT2D eigenvalue weighted by Crippen LogP contribution is -2.40. The number of nitrogens with one attached hydrogen (secondary N) is 1. The number of amides is 1. The number of carbonyl (C=O) groups excluding carboxylic acids is 1. The molecule has 0 saturated carbocycles. The van der Waals surface area contributed by atoms with Crippen molar-refractivity contribution in [3.05, 3.63) is 74.1 Å². The van der Waals surface area contributed by atoms with Gasteiger partial charge in [0.25, 0.3) is 0 Å². The first-order chi connectivity index (χ1) is 12.6. The normalized spacial score (nSPS) is 17.1. The molecule has 2 aromatic heterocycles. The van der Waals surface area contributed by atoms with E-state index in [0.717, 1.165) is 31.2 Å². The van der Waals surface area contributed by atoms with Gasteiger partial charge in [0, 0.05) is 22.4 Å². The Labute approximate surface area is 157 Å². The molecule has 1 atom stereocenters. The largest absolute Gasteiger partial charge is 0.322 e. The highest BCUT2D eigenvalue weighted by molar-refractivity contribution is 7.10. The van der Waals surface area contributed by atoms with Crippen LogP contribution in [0.5, 0.6) is 0 Å². The van der Waals surface area contributed by atoms with E-state index in [1.807, 2.05) is 11.4 Å². The minimum absolute atomic E-state index is 0.0214. The molecule has 0 fully saturated rings. The topological polar surface area (TPSA) is 32.3 Å². The third-order valence-corrected chi connectivity index (χ3v) is 6.35. The predicted octanol–water partition coefficient (Wildman–Crippen LogP) is 4.67. The zero-order valence-electron chi connectivity index (χ0n) is 13.7. The summed E-state index contributed by atoms with van der Waals surface area (Å²) in [6, 6.07) is 9.24. The number of halogens is 2. The average Bonchev–Trinajstić information content (AvgIpc) is 3.29. The second-order valence-electron chi connectivity index (χ2n) is 6.11. The van der Waals surface area contributed by atoms with E-state index < -0.39 is 11.6 Å². The predicted molar refractivity (Wildman–Crippen MR) is 101 cm³/mol. The molecular formula is C19H16F2N2OS2. The number of benzene rings is 1. The van der Waals surface area contributed by atoms with Crippen molar-refractivity contribution in [1.29, 1.82) is 0 Å². The van der Waals surface area contributed by atoms with Gasteiger partial charge >= 0.3 is 0 Å². The molecule has 1 N–H and O–H groups in total. The van der Waals surface area contributed by atoms with Crippen molar-refractivity contribution in [1.82, 2.24) is 4.90 Å². The molecule has 4 rings (SSSR count). The number of carbonyl (C=O) groups is 1. The van der Waals surface area contributed by atoms with Crippen molar-refractivity contribution < 1.29 is 13.6 Å². The van der Waals surface area contributed by atoms with Gasteiger partial charge in [0.2, 0.25) is 5.91 Å². The zero-order valence-corrected chi connectivity index (χ0v) is 15.4. The second kappa shape index (κ2) is 7.26. The fraction of sp³-hybridized carbons (Fsp3) is 0.211. The Morgan fingerprint density at radius 1 is 1.19 bits per heavy atom. The standard InChI is InChI=1S/C19H16F2N2OS2/c20-12-3-4-14(21)15(10-12)22-18(24)11-23-7-5-16-13(6-9-26-16)19(23)17-2-1-8-25-17/h1-4,6,8-10,19H,5,7,11H2,(H,22,24)/t19-/m1/s1. The van der Waals surface area contributed by atoms with Crippen LogP contribution < -0.4 is 5.32 Å². The van der Waals surface area contributed by atoms with Crippen LogP contribution in [0.15, 0.2) is 47.2 Å². The van der Waals surface area contributed by atoms with Crippen LogP contribution in [0.25, 0.3) is 0 Å². The van der Waals surface area contributed by atoms with Crippen molar-refractivity contribution in [2.75, 3.05) is 18.4 Å². The smallest absolute Gasteiger partial charge is 0.238 e. The molecule has 0 spiro atoms. The van der Waals surface area contributed by atoms with Gasteiger partial charge in [-0.15, -0.1) is 22.7 Å². The summed E-state index contributed by atoms with van der Waals surface area (Å²) in [5.74, 6) is -1.58. The molecule has 1 aliphatic rings. The summed E-state index contributed by atoms with van der Waals surface area (Å²) in [7, 11) is 0. The highest BCUT2D eigenvalue weighted by Crippen LogP contribution is 2.39. The van der Waals surface area contributed by atoms with E-state index in [-0.39, 0.29) is 24.2 Å². The van der Waals surface area contributed by atoms with E-state index in [9.17, 15) is 13.6 Å². The molecule has 0 unspecified atom stereocenters. The summed E-state index contributed by atoms with van der Waals surface area (Å²) in [6.45, 7) is 0.864. The van der Waals surface area contributed by atoms with Crippen LogP contribution in [0.1, 0.15) is 21.4 Å². The van der Waals surface area contributed by atoms with Crippen molar-refractivity contribution in [3.63, 3.8) is 0 Å². The third kappa shape index (κ3) is 3.42. The molecule has 1 aliphatic heterocycles. The van der Waals surface area contributed by atoms with Gasteiger partial charge < -0.3 is 5.32 Å². The number of hydrogen-bond acceptors (Lipinski definition) is 4. The Kier molecular flexibility index (Phi) is 4.84. The van der Waals surface area contributed by atoms with Crippen LogP contribution in [-0.4, -0.2) is 23.9 Å². The monoisotopic (exact) mass is 390 g/mol. The number of anilines is 1. The van der Waals surface area contributed by atoms with E-state index in [1.165, 1.54) is 15.3 Å². The maximum Gasteiger partial charge on any atom is 0.238 e. The maximum absolute atomic E-state index is 13.8. The molecule has 3 aromatic rings. The maximum atomic E-state index is 13.8. The lowest BCUT2D eigenvalue weighted by Gasteiger charge is -2.34. The lowest BCUT2D eigenvalue weighted by molar-refractivity contribution is -0.117. The third-order valence-electron chi connectivity index (χ3n) is 4.43. The van der Waals surface area contributed by atoms with Crippen LogP contribution in [0.3, 0.4) is 0 Å². The van der Waals surface area contributed by atoms with Gasteiger partial charge in [-0.1, -0.05) is 6.07 Å². The van der Waals surface area contributed by atoms with Gasteiger partial charge in [0.05, 0.1) is 18.3 Å². The molecule has 0 bridgehead atoms. The molecule has 0 aliphatic carbocycles. The number of thiophene rings is 2. The van der Waals surface area contributed by atoms with Gasteiger partial charge in [-0.05, 0) is 47.0 Å². The van der Waals surface area contributed by atoms with Crippen molar-refractivity contribution >= 4 is 34.3 Å². The molecule has 134 valence electrons. The van der Waals surface area contributed by atoms with Gasteiger partial charge in [-0.2, -0.15) is 0 Å². The molecule has 26 heavy (non-hydrogen) atoms. The van der Waals surface area contributed by atoms with Crippen LogP contribution in [0.2, 0.25) is 0 Å². The van der Waals surface area contributed by atoms with Gasteiger partial charge in [-0.3, -0.25) is 9.69 Å². The van der Waals surface area contributed by atoms with Crippen LogP contribution in [-0.2, 0) is 11.2 Å². The molecule has 0 saturated heterocycles. The van der Waals surface area contributed by atoms with Gasteiger partial charge in [0.1, 0.15) is 11.6 Å². The number of fused-ring (bicyclic) bond motifs is 1. The summed E-state index contributed by atoms with van der Waals surface area (Å²) in [4.78, 5) is 17.1. The van der Waals surface area contributed by atoms with Crippen molar-refractivity contribution in [2.24, 2.45) is 0 Å². The summed E-state index contributed by atoms with van der Waals surface area (Å²) in [6.07, 6.45) is 0.885. The van der Waals surface area contributed by atoms with Crippen molar-refractivity contribution in [2.45, 2.75) is 12.5 Å². The summed E-state index contributed by atoms with van der Waals surface area (Å²) in [5, 5.41) is 6.60. The summed E-state index contributed by atoms with van der Waals surface area (Å²) < 4.78 is 27.1. The van der Waals surface area contributed by atoms with Gasteiger partial charge in [-0.25, -0.2) is 8.78 Å². The Balaban J connectivity index is 1.55. The Morgan fingerprint density at radius 2 is 2.08 bits per heavy atom. The highest BCUT2D eigenvalue weighted by atomic mass is 32.1. The molecular weight excluding hydrogens is 374 g/mol. The van der Waals surface area contributed by atoms with Gasteiger partial charge in [0.15, 0.2) is 0 Å². The first kappa shape index (κ1) is 17.3. The highest BCUT2D eigenvalue weighted by Gasteiger charge is 2.31. The fourth-order valence-corrected chi connectivity index (χ4v) is 5.07. The Bertz CT molecular complexity index is 924. The SMILES string of the molecule is O=C(CN1CCc2sccc2[C@@H]1c1cccs1)Nc1cc(F)ccc1F. The minimum Gasteiger partial charge on any atom is -0.322 e. The molecule has 1 amide bonds. The molecule has 0 radical (unpaired) electrons. The number of nitrogens with zero attached hydrogens (tertiary/aromatic N) is 1. The summed E-state index contributed by atoms with van der Waals surface area (Å²) in [5.41, 5.74) is 1.10. The number of rotatable bonds is 4. The minimum atomic E-state index is -0.645. The zero-order chi connectivity index (χ0) is 18.1. The molecule has 3 heterocycles. The van der Waals surface area contributed by atoms with Crippen LogP contribution in [0, 0.1) is 11.6 Å². The number of hydrogen-bond donors (Lipinski definition) is 1. The lowest BCUT2D eigenvalue weighted by atomic mass is 9.98. The molecule has 3 nitrogen and oxygen atoms in total. The van der Waals surface area contributed by atoms with Crippen LogP contribution in [0.4, 0.5) is 14.5 Å². The van der Waals surface area contributed by atoms with E-state index in [1.54, 1.807) is 22.7 Å². The van der Waals surface area contributed by atoms with Crippen molar-refractivity contribution in [3.8, 4) is 0 Å². The quantitative estimate of drug-likeness (QED) is 0.702. The summed E-state index contributed by atoms with van der Waals surface area (Å²) >= 11 is 3.40. The van der Waals surface area contributed by atoms with E-state index >= 15 is 0 Å². The molecule has 1 aromatic carbocycles. The van der Waals surface area contributed by atoms with E-state index in [2.05, 4.69) is 27.7 Å². The second-order valence-corrected chi connectivity index (χ2v) is 8.09. The first-order valence-corrected chi connectivity index (χ1v) is 9.96. The average molecular weight is 390 g/mol. The van der Waals surface area contributed by atoms with Crippen LogP contribution >= 0.6 is 22.7 Å². The molecule has 7 heteroatoms. The Morgan fingerprint density at radius 3 is 2.88 bits per heavy atom.